The summed E-state index contributed by atoms with van der Waals surface area (Å²) in [6.45, 7) is 2.28. The Morgan fingerprint density at radius 1 is 1.48 bits per heavy atom. The monoisotopic (exact) mass is 348 g/mol. The van der Waals surface area contributed by atoms with E-state index in [4.69, 9.17) is 11.6 Å². The van der Waals surface area contributed by atoms with Gasteiger partial charge in [0.05, 0.1) is 12.0 Å². The largest absolute Gasteiger partial charge is 0.465 e. The van der Waals surface area contributed by atoms with Gasteiger partial charge in [-0.25, -0.2) is 4.79 Å². The Balaban J connectivity index is 2.92. The van der Waals surface area contributed by atoms with Crippen LogP contribution in [-0.4, -0.2) is 24.5 Å². The zero-order valence-electron chi connectivity index (χ0n) is 10.9. The van der Waals surface area contributed by atoms with E-state index in [1.807, 2.05) is 0 Å². The first-order chi connectivity index (χ1) is 9.92. The summed E-state index contributed by atoms with van der Waals surface area (Å²) in [5.41, 5.74) is -1.46. The molecule has 1 N–H and O–H groups in total. The Kier molecular flexibility index (Phi) is 4.45. The van der Waals surface area contributed by atoms with Crippen molar-refractivity contribution in [1.82, 2.24) is 0 Å². The van der Waals surface area contributed by atoms with E-state index in [2.05, 4.69) is 10.1 Å². The van der Waals surface area contributed by atoms with E-state index in [-0.39, 0.29) is 15.3 Å². The smallest absolute Gasteiger partial charge is 0.344 e. The first kappa shape index (κ1) is 15.7. The fourth-order valence-electron chi connectivity index (χ4n) is 1.76. The van der Waals surface area contributed by atoms with Crippen LogP contribution in [0.15, 0.2) is 4.79 Å². The number of carbonyl (C=O) groups is 1. The van der Waals surface area contributed by atoms with Crippen molar-refractivity contribution in [3.8, 4) is 0 Å². The summed E-state index contributed by atoms with van der Waals surface area (Å²) in [5, 5.41) is 14.1. The average Bonchev–Trinajstić information content (AvgIpc) is 2.75. The maximum atomic E-state index is 12.5. The molecule has 10 heteroatoms. The second kappa shape index (κ2) is 5.96. The van der Waals surface area contributed by atoms with E-state index in [0.29, 0.717) is 15.6 Å². The Bertz CT molecular complexity index is 798. The van der Waals surface area contributed by atoms with Crippen LogP contribution >= 0.6 is 34.3 Å². The van der Waals surface area contributed by atoms with Crippen LogP contribution in [0.1, 0.15) is 17.3 Å². The lowest BCUT2D eigenvalue weighted by Gasteiger charge is -2.07. The SMILES string of the molecule is CCNc1sc2sc(Cl)c([N+](=O)[O-])c2c(=O)c1C(=O)OC. The van der Waals surface area contributed by atoms with E-state index in [1.165, 1.54) is 0 Å². The van der Waals surface area contributed by atoms with Crippen LogP contribution in [-0.2, 0) is 4.74 Å². The van der Waals surface area contributed by atoms with Gasteiger partial charge < -0.3 is 10.1 Å². The number of nitro groups is 1. The maximum Gasteiger partial charge on any atom is 0.344 e. The Labute approximate surface area is 131 Å². The molecule has 0 amide bonds. The summed E-state index contributed by atoms with van der Waals surface area (Å²) >= 11 is 7.84. The molecule has 2 rings (SSSR count). The number of hydrogen-bond acceptors (Lipinski definition) is 8. The molecule has 0 spiro atoms. The number of nitrogens with one attached hydrogen (secondary N) is 1. The zero-order valence-corrected chi connectivity index (χ0v) is 13.3. The van der Waals surface area contributed by atoms with Crippen LogP contribution in [0.3, 0.4) is 0 Å². The van der Waals surface area contributed by atoms with E-state index < -0.39 is 22.0 Å². The maximum absolute atomic E-state index is 12.5. The first-order valence-electron chi connectivity index (χ1n) is 5.68. The number of rotatable bonds is 4. The summed E-state index contributed by atoms with van der Waals surface area (Å²) in [6, 6.07) is 0. The molecular weight excluding hydrogens is 340 g/mol. The Morgan fingerprint density at radius 2 is 2.14 bits per heavy atom. The van der Waals surface area contributed by atoms with Crippen molar-refractivity contribution in [3.63, 3.8) is 0 Å². The predicted octanol–water partition coefficient (Wildman–Crippen LogP) is 3.10. The molecule has 0 aromatic carbocycles. The lowest BCUT2D eigenvalue weighted by atomic mass is 10.2. The molecule has 21 heavy (non-hydrogen) atoms. The van der Waals surface area contributed by atoms with Gasteiger partial charge in [-0.2, -0.15) is 0 Å². The highest BCUT2D eigenvalue weighted by Crippen LogP contribution is 2.43. The van der Waals surface area contributed by atoms with E-state index in [0.717, 1.165) is 29.8 Å². The molecule has 0 fully saturated rings. The highest BCUT2D eigenvalue weighted by Gasteiger charge is 2.29. The standard InChI is InChI=1S/C11H9ClN2O5S2/c1-3-13-9-5(10(16)19-2)7(15)4-6(14(17)18)8(12)20-11(4)21-9/h13H,3H2,1-2H3. The summed E-state index contributed by atoms with van der Waals surface area (Å²) in [6.07, 6.45) is 0. The van der Waals surface area contributed by atoms with E-state index in [1.54, 1.807) is 6.92 Å². The van der Waals surface area contributed by atoms with Gasteiger partial charge in [0.1, 0.15) is 20.0 Å². The number of esters is 1. The van der Waals surface area contributed by atoms with Crippen LogP contribution in [0.25, 0.3) is 9.40 Å². The van der Waals surface area contributed by atoms with Gasteiger partial charge >= 0.3 is 11.7 Å². The highest BCUT2D eigenvalue weighted by atomic mass is 35.5. The molecule has 2 heterocycles. The molecule has 0 atom stereocenters. The quantitative estimate of drug-likeness (QED) is 0.518. The third-order valence-electron chi connectivity index (χ3n) is 2.59. The van der Waals surface area contributed by atoms with Gasteiger partial charge in [-0.05, 0) is 6.92 Å². The molecule has 0 bridgehead atoms. The van der Waals surface area contributed by atoms with Gasteiger partial charge in [0.25, 0.3) is 0 Å². The molecule has 7 nitrogen and oxygen atoms in total. The fraction of sp³-hybridized carbons (Fsp3) is 0.273. The minimum atomic E-state index is -0.842. The number of ether oxygens (including phenoxy) is 1. The van der Waals surface area contributed by atoms with Crippen molar-refractivity contribution >= 4 is 60.3 Å². The van der Waals surface area contributed by atoms with Gasteiger partial charge in [0.15, 0.2) is 4.34 Å². The summed E-state index contributed by atoms with van der Waals surface area (Å²) in [4.78, 5) is 34.6. The topological polar surface area (TPSA) is 98.5 Å². The third kappa shape index (κ3) is 2.59. The van der Waals surface area contributed by atoms with Gasteiger partial charge in [-0.1, -0.05) is 11.6 Å². The fourth-order valence-corrected chi connectivity index (χ4v) is 4.65. The lowest BCUT2D eigenvalue weighted by molar-refractivity contribution is -0.382. The lowest BCUT2D eigenvalue weighted by Crippen LogP contribution is -2.19. The van der Waals surface area contributed by atoms with Crippen LogP contribution in [0.5, 0.6) is 0 Å². The predicted molar refractivity (Wildman–Crippen MR) is 83.1 cm³/mol. The molecule has 0 aliphatic carbocycles. The van der Waals surface area contributed by atoms with Crippen LogP contribution < -0.4 is 10.7 Å². The molecule has 0 radical (unpaired) electrons. The normalized spacial score (nSPS) is 10.6. The number of anilines is 1. The van der Waals surface area contributed by atoms with E-state index >= 15 is 0 Å². The van der Waals surface area contributed by atoms with Crippen molar-refractivity contribution in [3.05, 3.63) is 30.2 Å². The molecule has 2 aromatic heterocycles. The van der Waals surface area contributed by atoms with Gasteiger partial charge in [-0.15, -0.1) is 22.7 Å². The molecule has 0 unspecified atom stereocenters. The molecule has 112 valence electrons. The average molecular weight is 349 g/mol. The molecule has 0 saturated heterocycles. The number of carbonyl (C=O) groups excluding carboxylic acids is 1. The van der Waals surface area contributed by atoms with E-state index in [9.17, 15) is 19.7 Å². The number of methoxy groups -OCH3 is 1. The summed E-state index contributed by atoms with van der Waals surface area (Å²) < 4.78 is 4.89. The number of halogens is 1. The van der Waals surface area contributed by atoms with Crippen LogP contribution in [0.4, 0.5) is 10.7 Å². The zero-order chi connectivity index (χ0) is 15.7. The van der Waals surface area contributed by atoms with Crippen molar-refractivity contribution in [2.75, 3.05) is 19.0 Å². The van der Waals surface area contributed by atoms with Gasteiger partial charge in [0.2, 0.25) is 5.43 Å². The summed E-state index contributed by atoms with van der Waals surface area (Å²) in [5.74, 6) is -0.842. The number of fused-ring (bicyclic) bond motifs is 1. The van der Waals surface area contributed by atoms with Crippen molar-refractivity contribution < 1.29 is 14.5 Å². The van der Waals surface area contributed by atoms with Crippen LogP contribution in [0, 0.1) is 10.1 Å². The number of thiophene rings is 1. The minimum Gasteiger partial charge on any atom is -0.465 e. The van der Waals surface area contributed by atoms with Gasteiger partial charge in [-0.3, -0.25) is 14.9 Å². The molecule has 0 aliphatic rings. The summed E-state index contributed by atoms with van der Waals surface area (Å²) in [7, 11) is 1.14. The first-order valence-corrected chi connectivity index (χ1v) is 7.69. The van der Waals surface area contributed by atoms with Crippen molar-refractivity contribution in [2.45, 2.75) is 6.92 Å². The highest BCUT2D eigenvalue weighted by molar-refractivity contribution is 7.41. The Morgan fingerprint density at radius 3 is 2.67 bits per heavy atom. The van der Waals surface area contributed by atoms with Crippen molar-refractivity contribution in [2.24, 2.45) is 0 Å². The van der Waals surface area contributed by atoms with Gasteiger partial charge in [0, 0.05) is 6.54 Å². The molecule has 0 saturated carbocycles. The second-order valence-electron chi connectivity index (χ2n) is 3.80. The second-order valence-corrected chi connectivity index (χ2v) is 6.70. The molecular formula is C11H9ClN2O5S2. The minimum absolute atomic E-state index is 0.0900. The van der Waals surface area contributed by atoms with Crippen molar-refractivity contribution in [1.29, 1.82) is 0 Å². The third-order valence-corrected chi connectivity index (χ3v) is 5.21. The van der Waals surface area contributed by atoms with Crippen LogP contribution in [0.2, 0.25) is 4.34 Å². The molecule has 2 aromatic rings. The number of nitrogens with zero attached hydrogens (tertiary/aromatic N) is 1. The number of hydrogen-bond donors (Lipinski definition) is 1. The Hall–Kier alpha value is -1.71. The molecule has 0 aliphatic heterocycles.